The van der Waals surface area contributed by atoms with Crippen molar-refractivity contribution in [3.8, 4) is 0 Å². The molecule has 8 heteroatoms. The summed E-state index contributed by atoms with van der Waals surface area (Å²) in [4.78, 5) is 28.1. The molecule has 2 aromatic carbocycles. The highest BCUT2D eigenvalue weighted by atomic mass is 32.2. The van der Waals surface area contributed by atoms with Crippen LogP contribution in [0.1, 0.15) is 0 Å². The van der Waals surface area contributed by atoms with Crippen molar-refractivity contribution in [3.05, 3.63) is 66.2 Å². The number of benzene rings is 2. The fraction of sp³-hybridized carbons (Fsp3) is 0.105. The molecule has 0 unspecified atom stereocenters. The fourth-order valence-electron chi connectivity index (χ4n) is 2.28. The maximum Gasteiger partial charge on any atom is 0.243 e. The van der Waals surface area contributed by atoms with Gasteiger partial charge in [0.05, 0.1) is 22.8 Å². The van der Waals surface area contributed by atoms with Gasteiger partial charge in [-0.3, -0.25) is 9.59 Å². The molecule has 27 heavy (non-hydrogen) atoms. The summed E-state index contributed by atoms with van der Waals surface area (Å²) in [5.41, 5.74) is 0.955. The summed E-state index contributed by atoms with van der Waals surface area (Å²) in [7, 11) is 0. The molecule has 0 atom stereocenters. The Kier molecular flexibility index (Phi) is 5.97. The van der Waals surface area contributed by atoms with Crippen molar-refractivity contribution >= 4 is 40.2 Å². The van der Waals surface area contributed by atoms with Gasteiger partial charge >= 0.3 is 0 Å². The van der Waals surface area contributed by atoms with Gasteiger partial charge in [-0.05, 0) is 24.3 Å². The predicted molar refractivity (Wildman–Crippen MR) is 100 cm³/mol. The van der Waals surface area contributed by atoms with E-state index >= 15 is 0 Å². The number of aromatic nitrogens is 1. The standard InChI is InChI=1S/C19H15F2N3O2S/c20-14-7-6-13(9-15(14)21)23-17(25)10-22-18(26)11-27-19-8-5-12-3-1-2-4-16(12)24-19/h1-9H,10-11H2,(H,22,26)(H,23,25). The van der Waals surface area contributed by atoms with Gasteiger partial charge in [0.15, 0.2) is 11.6 Å². The summed E-state index contributed by atoms with van der Waals surface area (Å²) in [5.74, 6) is -2.83. The molecule has 0 bridgehead atoms. The van der Waals surface area contributed by atoms with Crippen molar-refractivity contribution in [3.63, 3.8) is 0 Å². The average Bonchev–Trinajstić information content (AvgIpc) is 2.67. The summed E-state index contributed by atoms with van der Waals surface area (Å²) >= 11 is 1.26. The Bertz CT molecular complexity index is 998. The summed E-state index contributed by atoms with van der Waals surface area (Å²) in [5, 5.41) is 6.57. The van der Waals surface area contributed by atoms with E-state index in [4.69, 9.17) is 0 Å². The van der Waals surface area contributed by atoms with Crippen LogP contribution < -0.4 is 10.6 Å². The number of rotatable bonds is 6. The number of fused-ring (bicyclic) bond motifs is 1. The topological polar surface area (TPSA) is 71.1 Å². The van der Waals surface area contributed by atoms with Crippen molar-refractivity contribution in [2.24, 2.45) is 0 Å². The van der Waals surface area contributed by atoms with Crippen LogP contribution in [0.2, 0.25) is 0 Å². The minimum atomic E-state index is -1.06. The second-order valence-corrected chi connectivity index (χ2v) is 6.58. The molecule has 0 spiro atoms. The Labute approximate surface area is 158 Å². The number of anilines is 1. The van der Waals surface area contributed by atoms with E-state index in [0.717, 1.165) is 23.0 Å². The zero-order valence-corrected chi connectivity index (χ0v) is 14.9. The van der Waals surface area contributed by atoms with Crippen molar-refractivity contribution in [1.29, 1.82) is 0 Å². The smallest absolute Gasteiger partial charge is 0.243 e. The van der Waals surface area contributed by atoms with Gasteiger partial charge in [-0.25, -0.2) is 13.8 Å². The van der Waals surface area contributed by atoms with Crippen LogP contribution in [0.3, 0.4) is 0 Å². The van der Waals surface area contributed by atoms with Crippen LogP contribution in [0.15, 0.2) is 59.6 Å². The number of nitrogens with zero attached hydrogens (tertiary/aromatic N) is 1. The highest BCUT2D eigenvalue weighted by Gasteiger charge is 2.09. The second-order valence-electron chi connectivity index (χ2n) is 5.58. The van der Waals surface area contributed by atoms with Gasteiger partial charge in [0.25, 0.3) is 0 Å². The van der Waals surface area contributed by atoms with Crippen molar-refractivity contribution in [1.82, 2.24) is 10.3 Å². The summed E-state index contributed by atoms with van der Waals surface area (Å²) in [6.07, 6.45) is 0. The monoisotopic (exact) mass is 387 g/mol. The summed E-state index contributed by atoms with van der Waals surface area (Å²) in [6.45, 7) is -0.274. The molecule has 0 aliphatic carbocycles. The summed E-state index contributed by atoms with van der Waals surface area (Å²) in [6, 6.07) is 14.4. The van der Waals surface area contributed by atoms with Crippen LogP contribution >= 0.6 is 11.8 Å². The molecule has 0 fully saturated rings. The number of para-hydroxylation sites is 1. The second kappa shape index (κ2) is 8.59. The zero-order valence-electron chi connectivity index (χ0n) is 14.0. The van der Waals surface area contributed by atoms with E-state index in [2.05, 4.69) is 15.6 Å². The Morgan fingerprint density at radius 1 is 0.963 bits per heavy atom. The molecule has 0 aliphatic rings. The van der Waals surface area contributed by atoms with Crippen LogP contribution in [0.25, 0.3) is 10.9 Å². The van der Waals surface area contributed by atoms with Gasteiger partial charge in [-0.15, -0.1) is 0 Å². The van der Waals surface area contributed by atoms with Crippen LogP contribution in [0, 0.1) is 11.6 Å². The predicted octanol–water partition coefficient (Wildman–Crippen LogP) is 3.36. The van der Waals surface area contributed by atoms with Crippen LogP contribution in [0.5, 0.6) is 0 Å². The van der Waals surface area contributed by atoms with E-state index in [1.54, 1.807) is 0 Å². The number of hydrogen-bond donors (Lipinski definition) is 2. The molecule has 0 saturated heterocycles. The lowest BCUT2D eigenvalue weighted by atomic mass is 10.2. The zero-order chi connectivity index (χ0) is 19.2. The molecule has 0 aliphatic heterocycles. The van der Waals surface area contributed by atoms with Gasteiger partial charge in [0, 0.05) is 17.1 Å². The van der Waals surface area contributed by atoms with E-state index in [9.17, 15) is 18.4 Å². The minimum Gasteiger partial charge on any atom is -0.346 e. The molecule has 1 heterocycles. The van der Waals surface area contributed by atoms with Crippen LogP contribution in [0.4, 0.5) is 14.5 Å². The van der Waals surface area contributed by atoms with E-state index in [0.29, 0.717) is 5.03 Å². The largest absolute Gasteiger partial charge is 0.346 e. The molecule has 3 aromatic rings. The number of carbonyl (C=O) groups is 2. The normalized spacial score (nSPS) is 10.6. The highest BCUT2D eigenvalue weighted by molar-refractivity contribution is 7.99. The molecular formula is C19H15F2N3O2S. The number of thioether (sulfide) groups is 1. The Morgan fingerprint density at radius 3 is 2.59 bits per heavy atom. The number of nitrogens with one attached hydrogen (secondary N) is 2. The molecule has 3 rings (SSSR count). The third kappa shape index (κ3) is 5.24. The minimum absolute atomic E-state index is 0.101. The molecular weight excluding hydrogens is 372 g/mol. The van der Waals surface area contributed by atoms with E-state index in [-0.39, 0.29) is 23.9 Å². The van der Waals surface area contributed by atoms with Crippen molar-refractivity contribution < 1.29 is 18.4 Å². The number of halogens is 2. The van der Waals surface area contributed by atoms with Gasteiger partial charge < -0.3 is 10.6 Å². The van der Waals surface area contributed by atoms with Crippen molar-refractivity contribution in [2.75, 3.05) is 17.6 Å². The Balaban J connectivity index is 1.45. The van der Waals surface area contributed by atoms with Gasteiger partial charge in [-0.1, -0.05) is 36.0 Å². The van der Waals surface area contributed by atoms with E-state index < -0.39 is 17.5 Å². The Hall–Kier alpha value is -3.00. The first-order valence-corrected chi connectivity index (χ1v) is 9.00. The molecule has 2 N–H and O–H groups in total. The van der Waals surface area contributed by atoms with E-state index in [1.807, 2.05) is 36.4 Å². The first kappa shape index (κ1) is 18.8. The van der Waals surface area contributed by atoms with Gasteiger partial charge in [0.1, 0.15) is 0 Å². The van der Waals surface area contributed by atoms with Gasteiger partial charge in [-0.2, -0.15) is 0 Å². The quantitative estimate of drug-likeness (QED) is 0.637. The molecule has 5 nitrogen and oxygen atoms in total. The first-order chi connectivity index (χ1) is 13.0. The first-order valence-electron chi connectivity index (χ1n) is 8.01. The molecule has 0 saturated carbocycles. The maximum atomic E-state index is 13.1. The molecule has 138 valence electrons. The molecule has 1 aromatic heterocycles. The van der Waals surface area contributed by atoms with Crippen LogP contribution in [-0.4, -0.2) is 29.1 Å². The number of hydrogen-bond acceptors (Lipinski definition) is 4. The van der Waals surface area contributed by atoms with Crippen LogP contribution in [-0.2, 0) is 9.59 Å². The van der Waals surface area contributed by atoms with Crippen molar-refractivity contribution in [2.45, 2.75) is 5.03 Å². The lowest BCUT2D eigenvalue weighted by molar-refractivity contribution is -0.122. The lowest BCUT2D eigenvalue weighted by Gasteiger charge is -2.07. The van der Waals surface area contributed by atoms with Gasteiger partial charge in [0.2, 0.25) is 11.8 Å². The third-order valence-corrected chi connectivity index (χ3v) is 4.50. The molecule has 0 radical (unpaired) electrons. The lowest BCUT2D eigenvalue weighted by Crippen LogP contribution is -2.33. The number of carbonyl (C=O) groups excluding carboxylic acids is 2. The fourth-order valence-corrected chi connectivity index (χ4v) is 2.98. The Morgan fingerprint density at radius 2 is 1.78 bits per heavy atom. The van der Waals surface area contributed by atoms with E-state index in [1.165, 1.54) is 17.8 Å². The molecule has 2 amide bonds. The number of pyridine rings is 1. The number of amides is 2. The average molecular weight is 387 g/mol. The third-order valence-electron chi connectivity index (χ3n) is 3.57. The summed E-state index contributed by atoms with van der Waals surface area (Å²) < 4.78 is 25.9. The maximum absolute atomic E-state index is 13.1. The highest BCUT2D eigenvalue weighted by Crippen LogP contribution is 2.19. The SMILES string of the molecule is O=C(CSc1ccc2ccccc2n1)NCC(=O)Nc1ccc(F)c(F)c1.